The highest BCUT2D eigenvalue weighted by Gasteiger charge is 2.18. The highest BCUT2D eigenvalue weighted by molar-refractivity contribution is 7.23. The molecule has 0 spiro atoms. The quantitative estimate of drug-likeness (QED) is 0.745. The zero-order valence-corrected chi connectivity index (χ0v) is 8.88. The van der Waals surface area contributed by atoms with Crippen LogP contribution in [-0.2, 0) is 0 Å². The van der Waals surface area contributed by atoms with Gasteiger partial charge in [0.15, 0.2) is 0 Å². The van der Waals surface area contributed by atoms with Crippen molar-refractivity contribution in [1.29, 1.82) is 0 Å². The topological polar surface area (TPSA) is 92.4 Å². The van der Waals surface area contributed by atoms with Crippen molar-refractivity contribution in [2.45, 2.75) is 0 Å². The molecule has 0 fully saturated rings. The zero-order valence-electron chi connectivity index (χ0n) is 8.06. The van der Waals surface area contributed by atoms with Crippen molar-refractivity contribution in [1.82, 2.24) is 0 Å². The third kappa shape index (κ3) is 1.70. The van der Waals surface area contributed by atoms with Crippen LogP contribution in [0, 0.1) is 0 Å². The Balaban J connectivity index is 2.68. The molecule has 5 nitrogen and oxygen atoms in total. The summed E-state index contributed by atoms with van der Waals surface area (Å²) >= 11 is 1.19. The van der Waals surface area contributed by atoms with E-state index in [1.54, 1.807) is 24.3 Å². The number of rotatable bonds is 2. The van der Waals surface area contributed by atoms with Crippen molar-refractivity contribution in [3.63, 3.8) is 0 Å². The first-order valence-corrected chi connectivity index (χ1v) is 5.22. The van der Waals surface area contributed by atoms with Crippen molar-refractivity contribution >= 4 is 38.4 Å². The maximum atomic E-state index is 11.1. The van der Waals surface area contributed by atoms with Crippen LogP contribution in [0.15, 0.2) is 24.3 Å². The molecule has 2 aromatic rings. The predicted octanol–water partition coefficient (Wildman–Crippen LogP) is 2.09. The van der Waals surface area contributed by atoms with Gasteiger partial charge in [-0.1, -0.05) is 18.2 Å². The Morgan fingerprint density at radius 3 is 2.62 bits per heavy atom. The number of nitrogens with two attached hydrogens (primary N) is 1. The lowest BCUT2D eigenvalue weighted by Crippen LogP contribution is -2.19. The minimum atomic E-state index is -1.08. The number of fused-ring (bicyclic) bond motifs is 1. The van der Waals surface area contributed by atoms with E-state index in [0.29, 0.717) is 5.39 Å². The average Bonchev–Trinajstić information content (AvgIpc) is 2.53. The Bertz CT molecular complexity index is 576. The number of carbonyl (C=O) groups excluding carboxylic acids is 1. The number of hydrogen-bond acceptors (Lipinski definition) is 3. The van der Waals surface area contributed by atoms with Gasteiger partial charge < -0.3 is 10.8 Å². The summed E-state index contributed by atoms with van der Waals surface area (Å²) in [6.45, 7) is 0. The molecular formula is C10H8N2O3S. The van der Waals surface area contributed by atoms with Crippen LogP contribution in [0.2, 0.25) is 0 Å². The van der Waals surface area contributed by atoms with Gasteiger partial charge in [0.25, 0.3) is 0 Å². The van der Waals surface area contributed by atoms with Gasteiger partial charge in [-0.25, -0.2) is 9.59 Å². The molecule has 16 heavy (non-hydrogen) atoms. The summed E-state index contributed by atoms with van der Waals surface area (Å²) in [6, 6.07) is 6.27. The number of carboxylic acids is 1. The van der Waals surface area contributed by atoms with Gasteiger partial charge in [0, 0.05) is 10.1 Å². The van der Waals surface area contributed by atoms with E-state index in [0.717, 1.165) is 4.70 Å². The number of carbonyl (C=O) groups is 2. The van der Waals surface area contributed by atoms with Gasteiger partial charge in [-0.2, -0.15) is 0 Å². The van der Waals surface area contributed by atoms with E-state index in [-0.39, 0.29) is 10.6 Å². The Morgan fingerprint density at radius 1 is 1.31 bits per heavy atom. The summed E-state index contributed by atoms with van der Waals surface area (Å²) in [5.41, 5.74) is 5.06. The SMILES string of the molecule is NC(=O)Nc1sc2ccccc2c1C(=O)O. The summed E-state index contributed by atoms with van der Waals surface area (Å²) in [6.07, 6.45) is 0. The van der Waals surface area contributed by atoms with Gasteiger partial charge >= 0.3 is 12.0 Å². The number of aromatic carboxylic acids is 1. The largest absolute Gasteiger partial charge is 0.478 e. The number of urea groups is 1. The van der Waals surface area contributed by atoms with Crippen LogP contribution in [0.25, 0.3) is 10.1 Å². The van der Waals surface area contributed by atoms with Crippen molar-refractivity contribution in [2.24, 2.45) is 5.73 Å². The first-order valence-electron chi connectivity index (χ1n) is 4.41. The number of anilines is 1. The zero-order chi connectivity index (χ0) is 11.7. The van der Waals surface area contributed by atoms with Crippen molar-refractivity contribution in [3.05, 3.63) is 29.8 Å². The van der Waals surface area contributed by atoms with Crippen LogP contribution >= 0.6 is 11.3 Å². The number of amides is 2. The predicted molar refractivity (Wildman–Crippen MR) is 62.0 cm³/mol. The number of nitrogens with one attached hydrogen (secondary N) is 1. The fraction of sp³-hybridized carbons (Fsp3) is 0. The number of primary amides is 1. The number of benzene rings is 1. The second-order valence-electron chi connectivity index (χ2n) is 3.10. The van der Waals surface area contributed by atoms with Crippen molar-refractivity contribution in [2.75, 3.05) is 5.32 Å². The molecule has 4 N–H and O–H groups in total. The lowest BCUT2D eigenvalue weighted by molar-refractivity contribution is 0.0700. The van der Waals surface area contributed by atoms with E-state index in [1.807, 2.05) is 0 Å². The van der Waals surface area contributed by atoms with Gasteiger partial charge in [0.05, 0.1) is 0 Å². The molecule has 0 saturated carbocycles. The fourth-order valence-electron chi connectivity index (χ4n) is 1.46. The molecule has 0 radical (unpaired) electrons. The van der Waals surface area contributed by atoms with E-state index in [9.17, 15) is 9.59 Å². The highest BCUT2D eigenvalue weighted by atomic mass is 32.1. The monoisotopic (exact) mass is 236 g/mol. The fourth-order valence-corrected chi connectivity index (χ4v) is 2.56. The van der Waals surface area contributed by atoms with E-state index in [2.05, 4.69) is 5.32 Å². The third-order valence-corrected chi connectivity index (χ3v) is 3.13. The molecule has 6 heteroatoms. The summed E-state index contributed by atoms with van der Waals surface area (Å²) in [4.78, 5) is 21.8. The molecule has 0 aliphatic rings. The van der Waals surface area contributed by atoms with E-state index >= 15 is 0 Å². The summed E-state index contributed by atoms with van der Waals surface area (Å²) < 4.78 is 0.795. The lowest BCUT2D eigenvalue weighted by Gasteiger charge is -1.99. The molecule has 0 aliphatic carbocycles. The number of thiophene rings is 1. The Morgan fingerprint density at radius 2 is 2.00 bits per heavy atom. The average molecular weight is 236 g/mol. The standard InChI is InChI=1S/C10H8N2O3S/c11-10(15)12-8-7(9(13)14)5-3-1-2-4-6(5)16-8/h1-4H,(H,13,14)(H3,11,12,15). The number of carboxylic acid groups (broad SMARTS) is 1. The number of hydrogen-bond donors (Lipinski definition) is 3. The van der Waals surface area contributed by atoms with Crippen LogP contribution in [0.1, 0.15) is 10.4 Å². The molecule has 0 saturated heterocycles. The van der Waals surface area contributed by atoms with E-state index in [1.165, 1.54) is 11.3 Å². The first-order chi connectivity index (χ1) is 7.59. The van der Waals surface area contributed by atoms with Gasteiger partial charge in [-0.15, -0.1) is 11.3 Å². The molecule has 1 aromatic heterocycles. The lowest BCUT2D eigenvalue weighted by atomic mass is 10.1. The Hall–Kier alpha value is -2.08. The summed E-state index contributed by atoms with van der Waals surface area (Å²) in [5.74, 6) is -1.08. The van der Waals surface area contributed by atoms with Crippen LogP contribution in [0.3, 0.4) is 0 Å². The third-order valence-electron chi connectivity index (χ3n) is 2.05. The second kappa shape index (κ2) is 3.82. The molecule has 1 heterocycles. The normalized spacial score (nSPS) is 10.2. The van der Waals surface area contributed by atoms with E-state index in [4.69, 9.17) is 10.8 Å². The molecule has 0 unspecified atom stereocenters. The molecule has 0 atom stereocenters. The van der Waals surface area contributed by atoms with Crippen LogP contribution in [-0.4, -0.2) is 17.1 Å². The van der Waals surface area contributed by atoms with Gasteiger partial charge in [0.1, 0.15) is 10.6 Å². The molecule has 2 rings (SSSR count). The molecule has 82 valence electrons. The molecule has 0 aliphatic heterocycles. The van der Waals surface area contributed by atoms with E-state index < -0.39 is 12.0 Å². The van der Waals surface area contributed by atoms with Crippen LogP contribution < -0.4 is 11.1 Å². The molecule has 0 bridgehead atoms. The smallest absolute Gasteiger partial charge is 0.339 e. The molecular weight excluding hydrogens is 228 g/mol. The summed E-state index contributed by atoms with van der Waals surface area (Å²) in [7, 11) is 0. The minimum absolute atomic E-state index is 0.0828. The summed E-state index contributed by atoms with van der Waals surface area (Å²) in [5, 5.41) is 12.3. The van der Waals surface area contributed by atoms with Crippen molar-refractivity contribution < 1.29 is 14.7 Å². The highest BCUT2D eigenvalue weighted by Crippen LogP contribution is 2.35. The first kappa shape index (κ1) is 10.4. The molecule has 2 amide bonds. The van der Waals surface area contributed by atoms with Crippen LogP contribution in [0.4, 0.5) is 9.80 Å². The second-order valence-corrected chi connectivity index (χ2v) is 4.15. The van der Waals surface area contributed by atoms with Gasteiger partial charge in [0.2, 0.25) is 0 Å². The minimum Gasteiger partial charge on any atom is -0.478 e. The molecule has 1 aromatic carbocycles. The maximum Gasteiger partial charge on any atom is 0.339 e. The Labute approximate surface area is 94.5 Å². The van der Waals surface area contributed by atoms with Gasteiger partial charge in [-0.3, -0.25) is 5.32 Å². The Kier molecular flexibility index (Phi) is 2.49. The van der Waals surface area contributed by atoms with Crippen LogP contribution in [0.5, 0.6) is 0 Å². The van der Waals surface area contributed by atoms with Crippen molar-refractivity contribution in [3.8, 4) is 0 Å². The van der Waals surface area contributed by atoms with Gasteiger partial charge in [-0.05, 0) is 6.07 Å². The maximum absolute atomic E-state index is 11.1.